The van der Waals surface area contributed by atoms with Crippen molar-refractivity contribution in [3.63, 3.8) is 0 Å². The van der Waals surface area contributed by atoms with Crippen molar-refractivity contribution in [3.8, 4) is 17.2 Å². The van der Waals surface area contributed by atoms with Gasteiger partial charge in [-0.3, -0.25) is 24.7 Å². The molecule has 0 aromatic heterocycles. The molecule has 0 heterocycles. The summed E-state index contributed by atoms with van der Waals surface area (Å²) >= 11 is 0. The molecule has 0 radical (unpaired) electrons. The lowest BCUT2D eigenvalue weighted by atomic mass is 9.55. The molecule has 5 atom stereocenters. The number of fused-ring (bicyclic) bond motifs is 5. The summed E-state index contributed by atoms with van der Waals surface area (Å²) in [5.41, 5.74) is 15.2. The van der Waals surface area contributed by atoms with E-state index < -0.39 is 45.0 Å². The zero-order chi connectivity index (χ0) is 46.8. The molecule has 2 saturated carbocycles. The molecule has 0 bridgehead atoms. The molecule has 3 aromatic carbocycles. The molecule has 3 aromatic rings. The largest absolute Gasteiger partial charge is 0.508 e. The summed E-state index contributed by atoms with van der Waals surface area (Å²) in [5, 5.41) is 40.2. The fourth-order valence-corrected chi connectivity index (χ4v) is 8.87. The van der Waals surface area contributed by atoms with Crippen LogP contribution in [0.1, 0.15) is 99.8 Å². The number of unbranched alkanes of at least 4 members (excludes halogenated alkanes) is 2. The van der Waals surface area contributed by atoms with Gasteiger partial charge in [-0.15, -0.1) is 0 Å². The Balaban J connectivity index is 0.000000259. The number of nitrogen functional groups attached to an aromatic ring is 2. The van der Waals surface area contributed by atoms with Crippen LogP contribution in [0.15, 0.2) is 66.7 Å². The number of hydrogen-bond donors (Lipinski definition) is 9. The first-order valence-corrected chi connectivity index (χ1v) is 24.2. The minimum atomic E-state index is -3.92. The SMILES string of the molecule is CCC(=O)OC1CCC2C3CCc4cc(O)ccc4C3CCC12C.N=C(N)c1ccc(OCCCCCOc2ccc(C(=N)N)cc2)cc1.O=S(=O)(O)CCO.O=S(=O)(O)CCO. The van der Waals surface area contributed by atoms with Gasteiger partial charge >= 0.3 is 5.97 Å². The molecule has 11 N–H and O–H groups in total. The first kappa shape index (κ1) is 52.6. The number of aliphatic hydroxyl groups is 2. The van der Waals surface area contributed by atoms with Crippen molar-refractivity contribution in [2.75, 3.05) is 37.9 Å². The van der Waals surface area contributed by atoms with Crippen LogP contribution in [0.5, 0.6) is 17.2 Å². The van der Waals surface area contributed by atoms with Crippen LogP contribution in [-0.4, -0.2) is 103 Å². The van der Waals surface area contributed by atoms with E-state index in [1.165, 1.54) is 30.4 Å². The third-order valence-electron chi connectivity index (χ3n) is 11.5. The van der Waals surface area contributed by atoms with Crippen LogP contribution in [0, 0.1) is 28.1 Å². The van der Waals surface area contributed by atoms with Gasteiger partial charge in [-0.25, -0.2) is 0 Å². The van der Waals surface area contributed by atoms with Crippen molar-refractivity contribution in [1.82, 2.24) is 0 Å². The lowest BCUT2D eigenvalue weighted by Crippen LogP contribution is -2.45. The molecule has 0 amide bonds. The number of esters is 1. The van der Waals surface area contributed by atoms with Crippen LogP contribution in [-0.2, 0) is 36.2 Å². The second-order valence-corrected chi connectivity index (χ2v) is 19.0. The van der Waals surface area contributed by atoms with E-state index in [2.05, 4.69) is 13.0 Å². The molecule has 0 spiro atoms. The number of aromatic hydroxyl groups is 1. The van der Waals surface area contributed by atoms with Crippen LogP contribution in [0.3, 0.4) is 0 Å². The van der Waals surface area contributed by atoms with Crippen LogP contribution in [0.2, 0.25) is 0 Å². The number of phenols is 1. The Morgan fingerprint density at radius 3 is 1.70 bits per heavy atom. The predicted octanol–water partition coefficient (Wildman–Crippen LogP) is 5.19. The quantitative estimate of drug-likeness (QED) is 0.0294. The highest BCUT2D eigenvalue weighted by atomic mass is 32.2. The van der Waals surface area contributed by atoms with E-state index in [0.29, 0.717) is 54.3 Å². The molecule has 0 saturated heterocycles. The monoisotopic (exact) mass is 920 g/mol. The Labute approximate surface area is 370 Å². The topological polar surface area (TPSA) is 314 Å². The van der Waals surface area contributed by atoms with E-state index in [-0.39, 0.29) is 29.2 Å². The van der Waals surface area contributed by atoms with E-state index >= 15 is 0 Å². The first-order valence-electron chi connectivity index (χ1n) is 21.0. The number of nitrogens with two attached hydrogens (primary N) is 2. The van der Waals surface area contributed by atoms with E-state index in [0.717, 1.165) is 50.0 Å². The Morgan fingerprint density at radius 2 is 1.27 bits per heavy atom. The molecule has 3 aliphatic carbocycles. The molecular formula is C44H64N4O13S2. The molecule has 0 aliphatic heterocycles. The fourth-order valence-electron chi connectivity index (χ4n) is 8.41. The third-order valence-corrected chi connectivity index (χ3v) is 12.9. The van der Waals surface area contributed by atoms with Gasteiger partial charge in [0.2, 0.25) is 0 Å². The second-order valence-electron chi connectivity index (χ2n) is 15.9. The maximum absolute atomic E-state index is 11.8. The number of rotatable bonds is 16. The number of carbonyl (C=O) groups excluding carboxylic acids is 1. The van der Waals surface area contributed by atoms with Crippen LogP contribution < -0.4 is 20.9 Å². The standard InChI is InChI=1S/C21H28O3.C19H24N4O2.2C2H6O4S/c1-3-20(23)24-19-9-8-18-17-6-4-13-12-14(22)5-7-15(13)16(17)10-11-21(18,19)2;20-18(21)14-4-8-16(9-5-14)24-12-2-1-3-13-25-17-10-6-15(7-11-17)19(22)23;2*3-1-2-7(4,5)6/h5,7,12,16-19,22H,3-4,6,8-11H2,1-2H3;4-11H,1-3,12-13H2,(H3,20,21)(H3,22,23);2*3H,1-2H2,(H,4,5,6). The van der Waals surface area contributed by atoms with Gasteiger partial charge in [-0.1, -0.05) is 19.9 Å². The Kier molecular flexibility index (Phi) is 20.8. The van der Waals surface area contributed by atoms with E-state index in [4.69, 9.17) is 55.8 Å². The lowest BCUT2D eigenvalue weighted by molar-refractivity contribution is -0.157. The van der Waals surface area contributed by atoms with Gasteiger partial charge in [0, 0.05) is 23.0 Å². The van der Waals surface area contributed by atoms with Crippen molar-refractivity contribution < 1.29 is 60.3 Å². The number of amidine groups is 2. The number of aliphatic hydroxyl groups excluding tert-OH is 2. The number of aryl methyl sites for hydroxylation is 1. The zero-order valence-corrected chi connectivity index (χ0v) is 37.6. The van der Waals surface area contributed by atoms with Gasteiger partial charge in [-0.2, -0.15) is 16.8 Å². The number of hydrogen-bond acceptors (Lipinski definition) is 13. The van der Waals surface area contributed by atoms with Gasteiger partial charge in [0.15, 0.2) is 0 Å². The minimum Gasteiger partial charge on any atom is -0.508 e. The average molecular weight is 921 g/mol. The van der Waals surface area contributed by atoms with Crippen molar-refractivity contribution in [2.24, 2.45) is 28.7 Å². The Bertz CT molecular complexity index is 2060. The van der Waals surface area contributed by atoms with Gasteiger partial charge < -0.3 is 41.0 Å². The maximum atomic E-state index is 11.8. The number of ether oxygens (including phenoxy) is 3. The van der Waals surface area contributed by atoms with Crippen molar-refractivity contribution >= 4 is 37.9 Å². The molecule has 350 valence electrons. The molecule has 3 aliphatic rings. The maximum Gasteiger partial charge on any atom is 0.305 e. The average Bonchev–Trinajstić information content (AvgIpc) is 3.55. The molecule has 17 nitrogen and oxygen atoms in total. The van der Waals surface area contributed by atoms with Crippen molar-refractivity contribution in [2.45, 2.75) is 90.1 Å². The second kappa shape index (κ2) is 24.9. The summed E-state index contributed by atoms with van der Waals surface area (Å²) in [4.78, 5) is 11.8. The summed E-state index contributed by atoms with van der Waals surface area (Å²) in [7, 11) is -7.85. The van der Waals surface area contributed by atoms with Gasteiger partial charge in [0.1, 0.15) is 35.0 Å². The predicted molar refractivity (Wildman–Crippen MR) is 240 cm³/mol. The van der Waals surface area contributed by atoms with Crippen LogP contribution >= 0.6 is 0 Å². The number of phenolic OH excluding ortho intramolecular Hbond substituents is 1. The van der Waals surface area contributed by atoms with Crippen LogP contribution in [0.4, 0.5) is 0 Å². The smallest absolute Gasteiger partial charge is 0.305 e. The molecule has 63 heavy (non-hydrogen) atoms. The summed E-state index contributed by atoms with van der Waals surface area (Å²) in [6.07, 6.45) is 10.3. The summed E-state index contributed by atoms with van der Waals surface area (Å²) < 4.78 is 71.3. The van der Waals surface area contributed by atoms with E-state index in [9.17, 15) is 26.7 Å². The fraction of sp³-hybridized carbons (Fsp3) is 0.523. The molecule has 6 rings (SSSR count). The van der Waals surface area contributed by atoms with Crippen LogP contribution in [0.25, 0.3) is 0 Å². The highest BCUT2D eigenvalue weighted by molar-refractivity contribution is 7.86. The number of carbonyl (C=O) groups is 1. The van der Waals surface area contributed by atoms with Crippen molar-refractivity contribution in [1.29, 1.82) is 10.8 Å². The minimum absolute atomic E-state index is 0.0477. The first-order chi connectivity index (χ1) is 29.7. The Hall–Kier alpha value is -4.79. The zero-order valence-electron chi connectivity index (χ0n) is 35.9. The molecular weight excluding hydrogens is 857 g/mol. The van der Waals surface area contributed by atoms with Gasteiger partial charge in [-0.05, 0) is 147 Å². The number of nitrogens with one attached hydrogen (secondary N) is 2. The molecule has 19 heteroatoms. The highest BCUT2D eigenvalue weighted by Gasteiger charge is 2.56. The lowest BCUT2D eigenvalue weighted by Gasteiger charge is -2.50. The van der Waals surface area contributed by atoms with E-state index in [1.807, 2.05) is 43.3 Å². The van der Waals surface area contributed by atoms with E-state index in [1.54, 1.807) is 24.3 Å². The van der Waals surface area contributed by atoms with Gasteiger partial charge in [0.05, 0.1) is 37.9 Å². The highest BCUT2D eigenvalue weighted by Crippen LogP contribution is 2.61. The summed E-state index contributed by atoms with van der Waals surface area (Å²) in [6.45, 7) is 4.47. The summed E-state index contributed by atoms with van der Waals surface area (Å²) in [5.74, 6) is 2.85. The normalized spacial score (nSPS) is 20.9. The third kappa shape index (κ3) is 17.4. The van der Waals surface area contributed by atoms with Crippen molar-refractivity contribution in [3.05, 3.63) is 89.0 Å². The summed E-state index contributed by atoms with van der Waals surface area (Å²) in [6, 6.07) is 20.4. The number of benzene rings is 3. The Morgan fingerprint density at radius 1 is 0.762 bits per heavy atom. The van der Waals surface area contributed by atoms with Gasteiger partial charge in [0.25, 0.3) is 20.2 Å². The molecule has 5 unspecified atom stereocenters. The molecule has 2 fully saturated rings.